The van der Waals surface area contributed by atoms with E-state index in [4.69, 9.17) is 0 Å². The van der Waals surface area contributed by atoms with Gasteiger partial charge in [-0.15, -0.1) is 0 Å². The van der Waals surface area contributed by atoms with E-state index in [9.17, 15) is 0 Å². The Labute approximate surface area is 70.7 Å². The molecular formula is C11H20. The van der Waals surface area contributed by atoms with Crippen LogP contribution in [0.15, 0.2) is 11.1 Å². The summed E-state index contributed by atoms with van der Waals surface area (Å²) in [5.74, 6) is 1.72. The van der Waals surface area contributed by atoms with E-state index in [0.717, 1.165) is 11.8 Å². The molecule has 0 aromatic rings. The third kappa shape index (κ3) is 1.66. The van der Waals surface area contributed by atoms with E-state index in [-0.39, 0.29) is 0 Å². The topological polar surface area (TPSA) is 0 Å². The fourth-order valence-corrected chi connectivity index (χ4v) is 1.83. The van der Waals surface area contributed by atoms with Crippen molar-refractivity contribution >= 4 is 0 Å². The maximum Gasteiger partial charge on any atom is -0.0203 e. The maximum absolute atomic E-state index is 2.38. The van der Waals surface area contributed by atoms with Crippen LogP contribution in [0.1, 0.15) is 47.0 Å². The molecule has 0 N–H and O–H groups in total. The first-order valence-corrected chi connectivity index (χ1v) is 4.85. The van der Waals surface area contributed by atoms with E-state index in [0.29, 0.717) is 0 Å². The van der Waals surface area contributed by atoms with Gasteiger partial charge >= 0.3 is 0 Å². The van der Waals surface area contributed by atoms with Gasteiger partial charge in [-0.25, -0.2) is 0 Å². The highest BCUT2D eigenvalue weighted by molar-refractivity contribution is 5.24. The van der Waals surface area contributed by atoms with Crippen LogP contribution >= 0.6 is 0 Å². The third-order valence-electron chi connectivity index (χ3n) is 3.36. The van der Waals surface area contributed by atoms with E-state index >= 15 is 0 Å². The van der Waals surface area contributed by atoms with Gasteiger partial charge < -0.3 is 0 Å². The van der Waals surface area contributed by atoms with Gasteiger partial charge in [0.25, 0.3) is 0 Å². The van der Waals surface area contributed by atoms with Crippen molar-refractivity contribution in [2.24, 2.45) is 11.8 Å². The molecule has 0 heterocycles. The summed E-state index contributed by atoms with van der Waals surface area (Å²) < 4.78 is 0. The molecule has 0 aromatic carbocycles. The zero-order valence-corrected chi connectivity index (χ0v) is 8.28. The van der Waals surface area contributed by atoms with Crippen molar-refractivity contribution in [1.82, 2.24) is 0 Å². The summed E-state index contributed by atoms with van der Waals surface area (Å²) in [4.78, 5) is 0. The lowest BCUT2D eigenvalue weighted by molar-refractivity contribution is 0.401. The number of allylic oxidation sites excluding steroid dienone is 2. The Bertz CT molecular complexity index is 165. The number of rotatable bonds is 3. The van der Waals surface area contributed by atoms with Crippen LogP contribution in [-0.2, 0) is 0 Å². The van der Waals surface area contributed by atoms with Crippen LogP contribution in [-0.4, -0.2) is 0 Å². The first-order valence-electron chi connectivity index (χ1n) is 4.85. The van der Waals surface area contributed by atoms with E-state index in [2.05, 4.69) is 27.7 Å². The molecule has 0 aliphatic heterocycles. The molecule has 0 nitrogen and oxygen atoms in total. The summed E-state index contributed by atoms with van der Waals surface area (Å²) in [5.41, 5.74) is 3.41. The predicted octanol–water partition coefficient (Wildman–Crippen LogP) is 3.78. The molecule has 2 unspecified atom stereocenters. The van der Waals surface area contributed by atoms with Crippen LogP contribution in [0, 0.1) is 11.8 Å². The first kappa shape index (κ1) is 8.83. The van der Waals surface area contributed by atoms with E-state index in [1.807, 2.05) is 0 Å². The van der Waals surface area contributed by atoms with Gasteiger partial charge in [0.2, 0.25) is 0 Å². The summed E-state index contributed by atoms with van der Waals surface area (Å²) in [7, 11) is 0. The summed E-state index contributed by atoms with van der Waals surface area (Å²) >= 11 is 0. The molecule has 1 rings (SSSR count). The van der Waals surface area contributed by atoms with Crippen LogP contribution in [0.3, 0.4) is 0 Å². The molecule has 0 radical (unpaired) electrons. The molecule has 64 valence electrons. The average molecular weight is 152 g/mol. The van der Waals surface area contributed by atoms with Gasteiger partial charge in [-0.2, -0.15) is 0 Å². The van der Waals surface area contributed by atoms with Gasteiger partial charge in [0.05, 0.1) is 0 Å². The zero-order chi connectivity index (χ0) is 8.43. The molecule has 0 bridgehead atoms. The second-order valence-corrected chi connectivity index (χ2v) is 3.98. The van der Waals surface area contributed by atoms with E-state index in [1.165, 1.54) is 19.3 Å². The minimum atomic E-state index is 0.841. The van der Waals surface area contributed by atoms with E-state index < -0.39 is 0 Å². The van der Waals surface area contributed by atoms with Crippen molar-refractivity contribution < 1.29 is 0 Å². The predicted molar refractivity (Wildman–Crippen MR) is 50.6 cm³/mol. The first-order chi connectivity index (χ1) is 5.16. The molecular weight excluding hydrogens is 132 g/mol. The molecule has 2 atom stereocenters. The largest absolute Gasteiger partial charge is 0.0735 e. The smallest absolute Gasteiger partial charge is 0.0203 e. The summed E-state index contributed by atoms with van der Waals surface area (Å²) in [6.07, 6.45) is 4.05. The molecule has 0 spiro atoms. The van der Waals surface area contributed by atoms with Gasteiger partial charge in [-0.1, -0.05) is 38.3 Å². The van der Waals surface area contributed by atoms with Crippen molar-refractivity contribution in [3.8, 4) is 0 Å². The Kier molecular flexibility index (Phi) is 2.75. The summed E-state index contributed by atoms with van der Waals surface area (Å²) in [6.45, 7) is 9.32. The summed E-state index contributed by atoms with van der Waals surface area (Å²) in [6, 6.07) is 0. The molecule has 0 saturated carbocycles. The third-order valence-corrected chi connectivity index (χ3v) is 3.36. The van der Waals surface area contributed by atoms with Gasteiger partial charge in [0.1, 0.15) is 0 Å². The average Bonchev–Trinajstić information content (AvgIpc) is 2.00. The minimum absolute atomic E-state index is 0.841. The molecule has 1 aliphatic carbocycles. The fourth-order valence-electron chi connectivity index (χ4n) is 1.83. The second-order valence-electron chi connectivity index (χ2n) is 3.98. The van der Waals surface area contributed by atoms with Crippen molar-refractivity contribution in [2.45, 2.75) is 47.0 Å². The normalized spacial score (nSPS) is 22.9. The minimum Gasteiger partial charge on any atom is -0.0735 e. The van der Waals surface area contributed by atoms with Crippen LogP contribution in [0.25, 0.3) is 0 Å². The number of hydrogen-bond donors (Lipinski definition) is 0. The SMILES string of the molecule is CCC(C)C(C)C1=C(C)CC1. The van der Waals surface area contributed by atoms with E-state index in [1.54, 1.807) is 11.1 Å². The molecule has 0 amide bonds. The Morgan fingerprint density at radius 1 is 1.27 bits per heavy atom. The van der Waals surface area contributed by atoms with Crippen LogP contribution in [0.4, 0.5) is 0 Å². The second kappa shape index (κ2) is 3.42. The molecule has 1 aliphatic rings. The molecule has 11 heavy (non-hydrogen) atoms. The van der Waals surface area contributed by atoms with Crippen molar-refractivity contribution in [3.05, 3.63) is 11.1 Å². The Morgan fingerprint density at radius 2 is 1.91 bits per heavy atom. The fraction of sp³-hybridized carbons (Fsp3) is 0.818. The lowest BCUT2D eigenvalue weighted by Gasteiger charge is -2.30. The van der Waals surface area contributed by atoms with Crippen molar-refractivity contribution in [1.29, 1.82) is 0 Å². The molecule has 0 saturated heterocycles. The standard InChI is InChI=1S/C11H20/c1-5-8(2)10(4)11-7-6-9(11)3/h8,10H,5-7H2,1-4H3. The van der Waals surface area contributed by atoms with Crippen LogP contribution in [0.5, 0.6) is 0 Å². The quantitative estimate of drug-likeness (QED) is 0.540. The highest BCUT2D eigenvalue weighted by Gasteiger charge is 2.22. The molecule has 0 aromatic heterocycles. The van der Waals surface area contributed by atoms with Gasteiger partial charge in [0, 0.05) is 0 Å². The summed E-state index contributed by atoms with van der Waals surface area (Å²) in [5, 5.41) is 0. The highest BCUT2D eigenvalue weighted by atomic mass is 14.3. The molecule has 0 heteroatoms. The number of hydrogen-bond acceptors (Lipinski definition) is 0. The van der Waals surface area contributed by atoms with Crippen molar-refractivity contribution in [2.75, 3.05) is 0 Å². The Hall–Kier alpha value is -0.260. The van der Waals surface area contributed by atoms with Gasteiger partial charge in [-0.3, -0.25) is 0 Å². The lowest BCUT2D eigenvalue weighted by Crippen LogP contribution is -2.16. The maximum atomic E-state index is 2.38. The van der Waals surface area contributed by atoms with Crippen LogP contribution in [0.2, 0.25) is 0 Å². The Balaban J connectivity index is 2.54. The Morgan fingerprint density at radius 3 is 2.18 bits per heavy atom. The van der Waals surface area contributed by atoms with Crippen LogP contribution < -0.4 is 0 Å². The molecule has 0 fully saturated rings. The highest BCUT2D eigenvalue weighted by Crippen LogP contribution is 2.37. The van der Waals surface area contributed by atoms with Gasteiger partial charge in [-0.05, 0) is 31.6 Å². The monoisotopic (exact) mass is 152 g/mol. The van der Waals surface area contributed by atoms with Crippen molar-refractivity contribution in [3.63, 3.8) is 0 Å². The van der Waals surface area contributed by atoms with Gasteiger partial charge in [0.15, 0.2) is 0 Å². The zero-order valence-electron chi connectivity index (χ0n) is 8.28. The lowest BCUT2D eigenvalue weighted by atomic mass is 9.76.